The SMILES string of the molecule is N=Cc1ccc(C=N)o1. The van der Waals surface area contributed by atoms with Gasteiger partial charge in [-0.2, -0.15) is 0 Å². The lowest BCUT2D eigenvalue weighted by Gasteiger charge is -1.78. The van der Waals surface area contributed by atoms with Crippen LogP contribution in [0.2, 0.25) is 0 Å². The molecule has 0 aliphatic carbocycles. The van der Waals surface area contributed by atoms with Crippen molar-refractivity contribution in [2.24, 2.45) is 0 Å². The van der Waals surface area contributed by atoms with Crippen molar-refractivity contribution >= 4 is 12.4 Å². The van der Waals surface area contributed by atoms with Crippen molar-refractivity contribution in [2.45, 2.75) is 0 Å². The summed E-state index contributed by atoms with van der Waals surface area (Å²) in [6.45, 7) is 0. The highest BCUT2D eigenvalue weighted by molar-refractivity contribution is 5.78. The molecule has 3 nitrogen and oxygen atoms in total. The second kappa shape index (κ2) is 2.26. The largest absolute Gasteiger partial charge is 0.454 e. The molecule has 1 aromatic heterocycles. The van der Waals surface area contributed by atoms with Crippen molar-refractivity contribution < 1.29 is 4.42 Å². The minimum Gasteiger partial charge on any atom is -0.454 e. The lowest BCUT2D eigenvalue weighted by molar-refractivity contribution is 0.552. The molecule has 1 aromatic rings. The van der Waals surface area contributed by atoms with Crippen LogP contribution < -0.4 is 0 Å². The molecule has 9 heavy (non-hydrogen) atoms. The summed E-state index contributed by atoms with van der Waals surface area (Å²) in [5, 5.41) is 13.5. The van der Waals surface area contributed by atoms with Crippen LogP contribution in [0.15, 0.2) is 16.5 Å². The fourth-order valence-corrected chi connectivity index (χ4v) is 0.524. The maximum atomic E-state index is 6.74. The van der Waals surface area contributed by atoms with Crippen LogP contribution in [0.5, 0.6) is 0 Å². The van der Waals surface area contributed by atoms with Crippen molar-refractivity contribution in [2.75, 3.05) is 0 Å². The topological polar surface area (TPSA) is 60.8 Å². The maximum absolute atomic E-state index is 6.74. The molecule has 2 N–H and O–H groups in total. The van der Waals surface area contributed by atoms with Gasteiger partial charge in [-0.05, 0) is 12.1 Å². The van der Waals surface area contributed by atoms with Gasteiger partial charge in [-0.1, -0.05) is 0 Å². The van der Waals surface area contributed by atoms with Crippen molar-refractivity contribution in [3.63, 3.8) is 0 Å². The van der Waals surface area contributed by atoms with Gasteiger partial charge in [-0.3, -0.25) is 0 Å². The van der Waals surface area contributed by atoms with Crippen LogP contribution in [-0.4, -0.2) is 12.4 Å². The molecule has 0 unspecified atom stereocenters. The van der Waals surface area contributed by atoms with E-state index in [0.29, 0.717) is 11.5 Å². The highest BCUT2D eigenvalue weighted by Crippen LogP contribution is 2.01. The Balaban J connectivity index is 2.98. The van der Waals surface area contributed by atoms with Gasteiger partial charge in [0.2, 0.25) is 0 Å². The average molecular weight is 122 g/mol. The Kier molecular flexibility index (Phi) is 1.44. The van der Waals surface area contributed by atoms with Gasteiger partial charge in [-0.15, -0.1) is 0 Å². The molecule has 1 rings (SSSR count). The Hall–Kier alpha value is -1.38. The fraction of sp³-hybridized carbons (Fsp3) is 0. The monoisotopic (exact) mass is 122 g/mol. The zero-order valence-electron chi connectivity index (χ0n) is 4.72. The molecule has 0 fully saturated rings. The van der Waals surface area contributed by atoms with Gasteiger partial charge in [0.1, 0.15) is 11.5 Å². The summed E-state index contributed by atoms with van der Waals surface area (Å²) in [5.41, 5.74) is 0. The van der Waals surface area contributed by atoms with Crippen molar-refractivity contribution in [3.05, 3.63) is 23.7 Å². The van der Waals surface area contributed by atoms with Gasteiger partial charge in [0.25, 0.3) is 0 Å². The van der Waals surface area contributed by atoms with E-state index in [1.54, 1.807) is 12.1 Å². The molecule has 3 heteroatoms. The number of furan rings is 1. The van der Waals surface area contributed by atoms with E-state index < -0.39 is 0 Å². The Morgan fingerprint density at radius 2 is 1.56 bits per heavy atom. The Morgan fingerprint density at radius 3 is 1.78 bits per heavy atom. The van der Waals surface area contributed by atoms with Gasteiger partial charge < -0.3 is 15.2 Å². The first-order valence-corrected chi connectivity index (χ1v) is 2.47. The molecule has 0 spiro atoms. The standard InChI is InChI=1S/C6H6N2O/c7-3-5-1-2-6(4-8)9-5/h1-4,7-8H. The molecule has 0 aliphatic rings. The summed E-state index contributed by atoms with van der Waals surface area (Å²) in [6.07, 6.45) is 2.21. The molecule has 0 bridgehead atoms. The molecule has 0 radical (unpaired) electrons. The summed E-state index contributed by atoms with van der Waals surface area (Å²) < 4.78 is 4.90. The second-order valence-corrected chi connectivity index (χ2v) is 1.53. The van der Waals surface area contributed by atoms with Crippen molar-refractivity contribution in [3.8, 4) is 0 Å². The minimum absolute atomic E-state index is 0.480. The Labute approximate surface area is 52.3 Å². The van der Waals surface area contributed by atoms with Crippen LogP contribution in [0.1, 0.15) is 11.5 Å². The third kappa shape index (κ3) is 1.05. The van der Waals surface area contributed by atoms with E-state index in [1.807, 2.05) is 0 Å². The highest BCUT2D eigenvalue weighted by atomic mass is 16.3. The Morgan fingerprint density at radius 1 is 1.11 bits per heavy atom. The van der Waals surface area contributed by atoms with Gasteiger partial charge in [0, 0.05) is 0 Å². The van der Waals surface area contributed by atoms with E-state index in [2.05, 4.69) is 0 Å². The number of hydrogen-bond acceptors (Lipinski definition) is 3. The molecule has 1 heterocycles. The summed E-state index contributed by atoms with van der Waals surface area (Å²) in [5.74, 6) is 0.960. The molecule has 0 saturated carbocycles. The highest BCUT2D eigenvalue weighted by Gasteiger charge is 1.92. The van der Waals surface area contributed by atoms with Crippen LogP contribution >= 0.6 is 0 Å². The van der Waals surface area contributed by atoms with E-state index in [1.165, 1.54) is 0 Å². The van der Waals surface area contributed by atoms with Gasteiger partial charge >= 0.3 is 0 Å². The molecule has 0 aliphatic heterocycles. The number of nitrogens with one attached hydrogen (secondary N) is 2. The lowest BCUT2D eigenvalue weighted by Crippen LogP contribution is -1.70. The molecule has 46 valence electrons. The van der Waals surface area contributed by atoms with E-state index in [9.17, 15) is 0 Å². The van der Waals surface area contributed by atoms with Gasteiger partial charge in [0.05, 0.1) is 12.4 Å². The van der Waals surface area contributed by atoms with E-state index in [-0.39, 0.29) is 0 Å². The summed E-state index contributed by atoms with van der Waals surface area (Å²) in [4.78, 5) is 0. The quantitative estimate of drug-likeness (QED) is 0.570. The molecular formula is C6H6N2O. The predicted molar refractivity (Wildman–Crippen MR) is 34.5 cm³/mol. The maximum Gasteiger partial charge on any atom is 0.145 e. The predicted octanol–water partition coefficient (Wildman–Crippen LogP) is 1.27. The van der Waals surface area contributed by atoms with Crippen LogP contribution in [0.4, 0.5) is 0 Å². The molecule has 0 aromatic carbocycles. The molecule has 0 atom stereocenters. The lowest BCUT2D eigenvalue weighted by atomic mass is 10.4. The van der Waals surface area contributed by atoms with Crippen LogP contribution in [-0.2, 0) is 0 Å². The van der Waals surface area contributed by atoms with Crippen molar-refractivity contribution in [1.82, 2.24) is 0 Å². The van der Waals surface area contributed by atoms with E-state index in [0.717, 1.165) is 12.4 Å². The summed E-state index contributed by atoms with van der Waals surface area (Å²) >= 11 is 0. The summed E-state index contributed by atoms with van der Waals surface area (Å²) in [6, 6.07) is 3.29. The molecular weight excluding hydrogens is 116 g/mol. The average Bonchev–Trinajstić information content (AvgIpc) is 2.34. The number of hydrogen-bond donors (Lipinski definition) is 2. The van der Waals surface area contributed by atoms with E-state index >= 15 is 0 Å². The van der Waals surface area contributed by atoms with Crippen LogP contribution in [0.3, 0.4) is 0 Å². The molecule has 0 saturated heterocycles. The minimum atomic E-state index is 0.480. The fourth-order valence-electron chi connectivity index (χ4n) is 0.524. The Bertz CT molecular complexity index is 204. The third-order valence-electron chi connectivity index (χ3n) is 0.932. The number of rotatable bonds is 2. The smallest absolute Gasteiger partial charge is 0.145 e. The first kappa shape index (κ1) is 5.75. The zero-order chi connectivity index (χ0) is 6.69. The second-order valence-electron chi connectivity index (χ2n) is 1.53. The van der Waals surface area contributed by atoms with Crippen molar-refractivity contribution in [1.29, 1.82) is 10.8 Å². The summed E-state index contributed by atoms with van der Waals surface area (Å²) in [7, 11) is 0. The van der Waals surface area contributed by atoms with Gasteiger partial charge in [0.15, 0.2) is 0 Å². The third-order valence-corrected chi connectivity index (χ3v) is 0.932. The normalized spacial score (nSPS) is 8.89. The first-order chi connectivity index (χ1) is 4.36. The van der Waals surface area contributed by atoms with Gasteiger partial charge in [-0.25, -0.2) is 0 Å². The molecule has 0 amide bonds. The van der Waals surface area contributed by atoms with Crippen LogP contribution in [0, 0.1) is 10.8 Å². The van der Waals surface area contributed by atoms with Crippen LogP contribution in [0.25, 0.3) is 0 Å². The van der Waals surface area contributed by atoms with E-state index in [4.69, 9.17) is 15.2 Å². The first-order valence-electron chi connectivity index (χ1n) is 2.47. The zero-order valence-corrected chi connectivity index (χ0v) is 4.72.